The number of nitrogens with two attached hydrogens (primary N) is 1. The predicted octanol–water partition coefficient (Wildman–Crippen LogP) is 3.09. The minimum Gasteiger partial charge on any atom is -0.390 e. The number of aliphatic hydroxyl groups is 1. The molecule has 4 amide bonds. The molecule has 0 radical (unpaired) electrons. The van der Waals surface area contributed by atoms with E-state index in [0.717, 1.165) is 36.6 Å². The van der Waals surface area contributed by atoms with Crippen molar-refractivity contribution in [3.05, 3.63) is 78.0 Å². The number of aliphatic hydroxyl groups excluding tert-OH is 1. The molecule has 11 heteroatoms. The van der Waals surface area contributed by atoms with Gasteiger partial charge in [0, 0.05) is 24.0 Å². The van der Waals surface area contributed by atoms with Gasteiger partial charge in [0.15, 0.2) is 0 Å². The van der Waals surface area contributed by atoms with Gasteiger partial charge in [-0.25, -0.2) is 4.98 Å². The van der Waals surface area contributed by atoms with E-state index in [1.165, 1.54) is 6.42 Å². The molecule has 2 aromatic carbocycles. The lowest BCUT2D eigenvalue weighted by Crippen LogP contribution is -2.61. The van der Waals surface area contributed by atoms with E-state index in [0.29, 0.717) is 23.9 Å². The smallest absolute Gasteiger partial charge is 0.270 e. The molecule has 1 saturated carbocycles. The maximum atomic E-state index is 13.8. The first-order chi connectivity index (χ1) is 23.4. The van der Waals surface area contributed by atoms with Crippen LogP contribution in [0.3, 0.4) is 0 Å². The molecule has 0 bridgehead atoms. The number of fused-ring (bicyclic) bond motifs is 2. The number of para-hydroxylation sites is 1. The zero-order valence-electron chi connectivity index (χ0n) is 28.7. The lowest BCUT2D eigenvalue weighted by molar-refractivity contribution is -0.133. The Morgan fingerprint density at radius 3 is 2.35 bits per heavy atom. The zero-order chi connectivity index (χ0) is 35.1. The second-order valence-electron chi connectivity index (χ2n) is 14.7. The standard InChI is InChI=1S/C38H50N6O5/c1-38(2,3)43-37(49)32-20-26-14-7-8-15-27(26)22-44(32)23-33(45)30(19-24-11-5-4-6-12-24)41-36(48)31(21-34(39)46)42-35(47)29-18-17-25-13-9-10-16-28(25)40-29/h4-6,9-13,16-18,26-27,30-33,45H,7-8,14-15,19-23H2,1-3H3,(H2,39,46)(H,41,48)(H,42,47)(H,43,49)/t26-,27+,30?,31-,32-,33+/m0/s1. The van der Waals surface area contributed by atoms with E-state index in [-0.39, 0.29) is 24.6 Å². The fourth-order valence-corrected chi connectivity index (χ4v) is 7.26. The van der Waals surface area contributed by atoms with Crippen LogP contribution in [0.25, 0.3) is 10.9 Å². The van der Waals surface area contributed by atoms with Crippen molar-refractivity contribution in [1.82, 2.24) is 25.8 Å². The minimum atomic E-state index is -1.30. The van der Waals surface area contributed by atoms with Gasteiger partial charge in [0.2, 0.25) is 17.7 Å². The number of rotatable bonds is 12. The maximum absolute atomic E-state index is 13.8. The summed E-state index contributed by atoms with van der Waals surface area (Å²) in [7, 11) is 0. The van der Waals surface area contributed by atoms with Crippen LogP contribution in [0.1, 0.15) is 75.3 Å². The summed E-state index contributed by atoms with van der Waals surface area (Å²) in [4.78, 5) is 59.3. The Balaban J connectivity index is 1.35. The fourth-order valence-electron chi connectivity index (χ4n) is 7.26. The van der Waals surface area contributed by atoms with Crippen LogP contribution in [0.5, 0.6) is 0 Å². The van der Waals surface area contributed by atoms with Gasteiger partial charge in [-0.3, -0.25) is 24.1 Å². The van der Waals surface area contributed by atoms with E-state index >= 15 is 0 Å². The van der Waals surface area contributed by atoms with Crippen LogP contribution in [-0.2, 0) is 20.8 Å². The Morgan fingerprint density at radius 1 is 0.939 bits per heavy atom. The van der Waals surface area contributed by atoms with Crippen LogP contribution in [0, 0.1) is 11.8 Å². The van der Waals surface area contributed by atoms with Gasteiger partial charge in [-0.05, 0) is 69.6 Å². The van der Waals surface area contributed by atoms with Crippen molar-refractivity contribution >= 4 is 34.5 Å². The van der Waals surface area contributed by atoms with Crippen molar-refractivity contribution in [1.29, 1.82) is 0 Å². The predicted molar refractivity (Wildman–Crippen MR) is 188 cm³/mol. The Morgan fingerprint density at radius 2 is 1.63 bits per heavy atom. The zero-order valence-corrected chi connectivity index (χ0v) is 28.7. The molecule has 1 saturated heterocycles. The number of amides is 4. The summed E-state index contributed by atoms with van der Waals surface area (Å²) in [6.07, 6.45) is 4.03. The molecule has 11 nitrogen and oxygen atoms in total. The van der Waals surface area contributed by atoms with E-state index in [1.807, 2.05) is 69.3 Å². The van der Waals surface area contributed by atoms with Crippen molar-refractivity contribution < 1.29 is 24.3 Å². The summed E-state index contributed by atoms with van der Waals surface area (Å²) in [5.74, 6) is -1.20. The average molecular weight is 671 g/mol. The van der Waals surface area contributed by atoms with Gasteiger partial charge in [-0.15, -0.1) is 0 Å². The third-order valence-electron chi connectivity index (χ3n) is 9.67. The third-order valence-corrected chi connectivity index (χ3v) is 9.67. The first kappa shape index (κ1) is 35.9. The van der Waals surface area contributed by atoms with Gasteiger partial charge in [-0.2, -0.15) is 0 Å². The molecule has 1 aliphatic carbocycles. The fraction of sp³-hybridized carbons (Fsp3) is 0.500. The summed E-state index contributed by atoms with van der Waals surface area (Å²) in [5, 5.41) is 21.4. The van der Waals surface area contributed by atoms with Gasteiger partial charge in [0.1, 0.15) is 11.7 Å². The second kappa shape index (κ2) is 15.9. The number of aromatic nitrogens is 1. The van der Waals surface area contributed by atoms with Crippen LogP contribution < -0.4 is 21.7 Å². The Labute approximate surface area is 288 Å². The summed E-state index contributed by atoms with van der Waals surface area (Å²) < 4.78 is 0. The number of hydrogen-bond acceptors (Lipinski definition) is 7. The van der Waals surface area contributed by atoms with Gasteiger partial charge < -0.3 is 26.8 Å². The minimum absolute atomic E-state index is 0.0566. The van der Waals surface area contributed by atoms with Crippen LogP contribution in [0.2, 0.25) is 0 Å². The highest BCUT2D eigenvalue weighted by Gasteiger charge is 2.42. The first-order valence-corrected chi connectivity index (χ1v) is 17.4. The van der Waals surface area contributed by atoms with Gasteiger partial charge in [0.05, 0.1) is 30.1 Å². The Kier molecular flexibility index (Phi) is 11.7. The highest BCUT2D eigenvalue weighted by Crippen LogP contribution is 2.39. The van der Waals surface area contributed by atoms with Crippen molar-refractivity contribution in [2.75, 3.05) is 13.1 Å². The number of primary amides is 1. The molecule has 2 heterocycles. The van der Waals surface area contributed by atoms with E-state index in [4.69, 9.17) is 5.73 Å². The molecule has 49 heavy (non-hydrogen) atoms. The molecule has 1 unspecified atom stereocenters. The first-order valence-electron chi connectivity index (χ1n) is 17.4. The van der Waals surface area contributed by atoms with Crippen LogP contribution in [-0.4, -0.2) is 81.5 Å². The number of nitrogens with one attached hydrogen (secondary N) is 3. The molecular formula is C38H50N6O5. The Bertz CT molecular complexity index is 1630. The van der Waals surface area contributed by atoms with E-state index in [2.05, 4.69) is 25.8 Å². The molecule has 6 atom stereocenters. The quantitative estimate of drug-likeness (QED) is 0.198. The number of piperidine rings is 1. The van der Waals surface area contributed by atoms with E-state index < -0.39 is 53.9 Å². The number of carbonyl (C=O) groups excluding carboxylic acids is 4. The van der Waals surface area contributed by atoms with Crippen LogP contribution >= 0.6 is 0 Å². The summed E-state index contributed by atoms with van der Waals surface area (Å²) in [6, 6.07) is 17.6. The molecule has 6 N–H and O–H groups in total. The van der Waals surface area contributed by atoms with E-state index in [1.54, 1.807) is 18.2 Å². The third kappa shape index (κ3) is 9.86. The molecule has 1 aromatic heterocycles. The number of likely N-dealkylation sites (tertiary alicyclic amines) is 1. The molecule has 2 aliphatic rings. The summed E-state index contributed by atoms with van der Waals surface area (Å²) >= 11 is 0. The van der Waals surface area contributed by atoms with Gasteiger partial charge in [-0.1, -0.05) is 73.9 Å². The van der Waals surface area contributed by atoms with E-state index in [9.17, 15) is 24.3 Å². The highest BCUT2D eigenvalue weighted by atomic mass is 16.3. The molecule has 3 aromatic rings. The number of β-amino-alcohol motifs (C(OH)–C–C–N with tert-alkyl or cyclic N) is 1. The topological polar surface area (TPSA) is 167 Å². The van der Waals surface area contributed by atoms with Crippen LogP contribution in [0.15, 0.2) is 66.7 Å². The van der Waals surface area contributed by atoms with Gasteiger partial charge >= 0.3 is 0 Å². The lowest BCUT2D eigenvalue weighted by Gasteiger charge is -2.47. The number of hydrogen-bond donors (Lipinski definition) is 5. The largest absolute Gasteiger partial charge is 0.390 e. The van der Waals surface area contributed by atoms with Crippen molar-refractivity contribution in [3.63, 3.8) is 0 Å². The van der Waals surface area contributed by atoms with Crippen molar-refractivity contribution in [3.8, 4) is 0 Å². The van der Waals surface area contributed by atoms with Crippen LogP contribution in [0.4, 0.5) is 0 Å². The number of nitrogens with zero attached hydrogens (tertiary/aromatic N) is 2. The maximum Gasteiger partial charge on any atom is 0.270 e. The molecule has 0 spiro atoms. The monoisotopic (exact) mass is 670 g/mol. The van der Waals surface area contributed by atoms with Crippen molar-refractivity contribution in [2.45, 2.75) is 95.5 Å². The van der Waals surface area contributed by atoms with Gasteiger partial charge in [0.25, 0.3) is 5.91 Å². The molecular weight excluding hydrogens is 620 g/mol. The second-order valence-corrected chi connectivity index (χ2v) is 14.7. The SMILES string of the molecule is CC(C)(C)NC(=O)[C@@H]1C[C@@H]2CCCC[C@@H]2CN1C[C@@H](O)C(Cc1ccccc1)NC(=O)[C@H](CC(N)=O)NC(=O)c1ccc2ccccc2n1. The summed E-state index contributed by atoms with van der Waals surface area (Å²) in [6.45, 7) is 6.73. The summed E-state index contributed by atoms with van der Waals surface area (Å²) in [5.41, 5.74) is 6.70. The number of carbonyl (C=O) groups is 4. The molecule has 1 aliphatic heterocycles. The molecule has 2 fully saturated rings. The normalized spacial score (nSPS) is 21.5. The number of pyridine rings is 1. The van der Waals surface area contributed by atoms with Crippen molar-refractivity contribution in [2.24, 2.45) is 17.6 Å². The number of benzene rings is 2. The Hall–Kier alpha value is -4.35. The highest BCUT2D eigenvalue weighted by molar-refractivity contribution is 5.99. The lowest BCUT2D eigenvalue weighted by atomic mass is 9.72. The molecule has 262 valence electrons. The average Bonchev–Trinajstić information content (AvgIpc) is 3.06. The molecule has 5 rings (SSSR count).